The van der Waals surface area contributed by atoms with Crippen molar-refractivity contribution in [3.8, 4) is 0 Å². The summed E-state index contributed by atoms with van der Waals surface area (Å²) >= 11 is 1.42. The number of rotatable bonds is 6. The summed E-state index contributed by atoms with van der Waals surface area (Å²) in [6.45, 7) is 2.78. The van der Waals surface area contributed by atoms with E-state index in [0.29, 0.717) is 36.5 Å². The summed E-state index contributed by atoms with van der Waals surface area (Å²) in [6.07, 6.45) is 1.98. The van der Waals surface area contributed by atoms with Crippen LogP contribution in [0, 0.1) is 5.92 Å². The van der Waals surface area contributed by atoms with Gasteiger partial charge in [-0.05, 0) is 48.4 Å². The lowest BCUT2D eigenvalue weighted by atomic mass is 9.97. The monoisotopic (exact) mass is 400 g/mol. The highest BCUT2D eigenvalue weighted by Crippen LogP contribution is 2.22. The Morgan fingerprint density at radius 2 is 1.96 bits per heavy atom. The van der Waals surface area contributed by atoms with Crippen molar-refractivity contribution in [2.24, 2.45) is 5.92 Å². The minimum atomic E-state index is -0.374. The summed E-state index contributed by atoms with van der Waals surface area (Å²) in [5.41, 5.74) is 1.82. The molecule has 1 N–H and O–H groups in total. The van der Waals surface area contributed by atoms with Crippen LogP contribution in [0.1, 0.15) is 35.0 Å². The molecule has 0 saturated carbocycles. The molecule has 1 fully saturated rings. The van der Waals surface area contributed by atoms with Gasteiger partial charge in [0.15, 0.2) is 6.61 Å². The number of hydrogen-bond donors (Lipinski definition) is 1. The zero-order valence-corrected chi connectivity index (χ0v) is 16.7. The Hall–Kier alpha value is -2.67. The molecule has 1 aromatic heterocycles. The number of aryl methyl sites for hydroxylation is 1. The van der Waals surface area contributed by atoms with E-state index in [1.807, 2.05) is 42.6 Å². The summed E-state index contributed by atoms with van der Waals surface area (Å²) in [7, 11) is 0. The van der Waals surface area contributed by atoms with Crippen molar-refractivity contribution >= 4 is 34.8 Å². The number of esters is 1. The van der Waals surface area contributed by atoms with Crippen molar-refractivity contribution in [2.45, 2.75) is 26.2 Å². The molecule has 1 aliphatic heterocycles. The molecule has 148 valence electrons. The van der Waals surface area contributed by atoms with Crippen LogP contribution < -0.4 is 5.32 Å². The highest BCUT2D eigenvalue weighted by Gasteiger charge is 2.29. The van der Waals surface area contributed by atoms with E-state index in [9.17, 15) is 14.4 Å². The topological polar surface area (TPSA) is 75.7 Å². The molecule has 2 amide bonds. The van der Waals surface area contributed by atoms with Crippen molar-refractivity contribution < 1.29 is 19.1 Å². The number of nitrogens with zero attached hydrogens (tertiary/aromatic N) is 1. The molecule has 6 nitrogen and oxygen atoms in total. The normalized spacial score (nSPS) is 14.5. The van der Waals surface area contributed by atoms with E-state index < -0.39 is 0 Å². The summed E-state index contributed by atoms with van der Waals surface area (Å²) < 4.78 is 5.19. The molecule has 1 aromatic carbocycles. The molecule has 0 unspecified atom stereocenters. The number of hydrogen-bond acceptors (Lipinski definition) is 5. The van der Waals surface area contributed by atoms with E-state index in [1.54, 1.807) is 11.0 Å². The predicted octanol–water partition coefficient (Wildman–Crippen LogP) is 3.34. The number of carbonyl (C=O) groups excluding carboxylic acids is 3. The molecule has 3 rings (SSSR count). The Morgan fingerprint density at radius 3 is 2.64 bits per heavy atom. The molecule has 2 heterocycles. The largest absolute Gasteiger partial charge is 0.455 e. The molecular formula is C21H24N2O4S. The fraction of sp³-hybridized carbons (Fsp3) is 0.381. The maximum Gasteiger partial charge on any atom is 0.309 e. The minimum absolute atomic E-state index is 0.00973. The van der Waals surface area contributed by atoms with Crippen molar-refractivity contribution in [1.82, 2.24) is 4.90 Å². The average Bonchev–Trinajstić information content (AvgIpc) is 3.26. The van der Waals surface area contributed by atoms with Crippen LogP contribution in [0.3, 0.4) is 0 Å². The molecule has 0 atom stereocenters. The van der Waals surface area contributed by atoms with Gasteiger partial charge in [-0.1, -0.05) is 25.1 Å². The number of carbonyl (C=O) groups is 3. The number of anilines is 1. The zero-order chi connectivity index (χ0) is 19.9. The molecule has 28 heavy (non-hydrogen) atoms. The summed E-state index contributed by atoms with van der Waals surface area (Å²) in [6, 6.07) is 11.2. The molecule has 1 aliphatic rings. The molecule has 0 aliphatic carbocycles. The Morgan fingerprint density at radius 1 is 1.18 bits per heavy atom. The summed E-state index contributed by atoms with van der Waals surface area (Å²) in [5.74, 6) is -0.994. The van der Waals surface area contributed by atoms with Crippen LogP contribution in [0.4, 0.5) is 5.69 Å². The SMILES string of the molecule is CCc1cccc(NC(=O)COC(=O)C2CCN(C(=O)c3cccs3)CC2)c1. The van der Waals surface area contributed by atoms with Gasteiger partial charge in [0.1, 0.15) is 0 Å². The third-order valence-corrected chi connectivity index (χ3v) is 5.67. The Bertz CT molecular complexity index is 827. The first-order valence-electron chi connectivity index (χ1n) is 9.45. The number of piperidine rings is 1. The third kappa shape index (κ3) is 5.19. The van der Waals surface area contributed by atoms with Gasteiger partial charge in [-0.2, -0.15) is 0 Å². The highest BCUT2D eigenvalue weighted by molar-refractivity contribution is 7.12. The van der Waals surface area contributed by atoms with Gasteiger partial charge in [0.05, 0.1) is 10.8 Å². The van der Waals surface area contributed by atoms with Gasteiger partial charge in [-0.25, -0.2) is 0 Å². The van der Waals surface area contributed by atoms with Crippen LogP contribution in [-0.2, 0) is 20.7 Å². The summed E-state index contributed by atoms with van der Waals surface area (Å²) in [5, 5.41) is 4.62. The highest BCUT2D eigenvalue weighted by atomic mass is 32.1. The maximum atomic E-state index is 12.3. The number of nitrogens with one attached hydrogen (secondary N) is 1. The fourth-order valence-electron chi connectivity index (χ4n) is 3.19. The van der Waals surface area contributed by atoms with E-state index in [-0.39, 0.29) is 30.3 Å². The van der Waals surface area contributed by atoms with E-state index in [1.165, 1.54) is 11.3 Å². The minimum Gasteiger partial charge on any atom is -0.455 e. The first kappa shape index (κ1) is 20.1. The lowest BCUT2D eigenvalue weighted by Gasteiger charge is -2.30. The fourth-order valence-corrected chi connectivity index (χ4v) is 3.89. The van der Waals surface area contributed by atoms with Crippen LogP contribution in [0.2, 0.25) is 0 Å². The number of thiophene rings is 1. The van der Waals surface area contributed by atoms with Crippen LogP contribution in [0.15, 0.2) is 41.8 Å². The van der Waals surface area contributed by atoms with Gasteiger partial charge in [0.2, 0.25) is 0 Å². The predicted molar refractivity (Wildman–Crippen MR) is 108 cm³/mol. The Kier molecular flexibility index (Phi) is 6.81. The average molecular weight is 401 g/mol. The van der Waals surface area contributed by atoms with Gasteiger partial charge >= 0.3 is 5.97 Å². The van der Waals surface area contributed by atoms with Crippen LogP contribution >= 0.6 is 11.3 Å². The Balaban J connectivity index is 1.41. The van der Waals surface area contributed by atoms with Gasteiger partial charge in [0.25, 0.3) is 11.8 Å². The van der Waals surface area contributed by atoms with E-state index in [4.69, 9.17) is 4.74 Å². The molecular weight excluding hydrogens is 376 g/mol. The second-order valence-electron chi connectivity index (χ2n) is 6.75. The standard InChI is InChI=1S/C21H24N2O4S/c1-2-15-5-3-6-17(13-15)22-19(24)14-27-21(26)16-8-10-23(11-9-16)20(25)18-7-4-12-28-18/h3-7,12-13,16H,2,8-11,14H2,1H3,(H,22,24). The van der Waals surface area contributed by atoms with Crippen molar-refractivity contribution in [2.75, 3.05) is 25.0 Å². The molecule has 7 heteroatoms. The molecule has 0 bridgehead atoms. The quantitative estimate of drug-likeness (QED) is 0.755. The second-order valence-corrected chi connectivity index (χ2v) is 7.70. The van der Waals surface area contributed by atoms with Crippen LogP contribution in [-0.4, -0.2) is 42.4 Å². The number of likely N-dealkylation sites (tertiary alicyclic amines) is 1. The third-order valence-electron chi connectivity index (χ3n) is 4.81. The first-order chi connectivity index (χ1) is 13.6. The lowest BCUT2D eigenvalue weighted by molar-refractivity contribution is -0.152. The van der Waals surface area contributed by atoms with Crippen LogP contribution in [0.5, 0.6) is 0 Å². The number of benzene rings is 1. The summed E-state index contributed by atoms with van der Waals surface area (Å²) in [4.78, 5) is 39.1. The van der Waals surface area contributed by atoms with Gasteiger partial charge in [-0.15, -0.1) is 11.3 Å². The maximum absolute atomic E-state index is 12.3. The molecule has 2 aromatic rings. The molecule has 0 radical (unpaired) electrons. The van der Waals surface area contributed by atoms with Crippen molar-refractivity contribution in [3.63, 3.8) is 0 Å². The van der Waals surface area contributed by atoms with E-state index in [0.717, 1.165) is 12.0 Å². The second kappa shape index (κ2) is 9.50. The van der Waals surface area contributed by atoms with Crippen LogP contribution in [0.25, 0.3) is 0 Å². The van der Waals surface area contributed by atoms with E-state index >= 15 is 0 Å². The lowest BCUT2D eigenvalue weighted by Crippen LogP contribution is -2.40. The Labute approximate surface area is 168 Å². The van der Waals surface area contributed by atoms with E-state index in [2.05, 4.69) is 5.32 Å². The van der Waals surface area contributed by atoms with Gasteiger partial charge < -0.3 is 15.0 Å². The van der Waals surface area contributed by atoms with Crippen molar-refractivity contribution in [3.05, 3.63) is 52.2 Å². The van der Waals surface area contributed by atoms with Crippen molar-refractivity contribution in [1.29, 1.82) is 0 Å². The molecule has 0 spiro atoms. The first-order valence-corrected chi connectivity index (χ1v) is 10.3. The molecule has 1 saturated heterocycles. The number of amides is 2. The smallest absolute Gasteiger partial charge is 0.309 e. The zero-order valence-electron chi connectivity index (χ0n) is 15.8. The number of ether oxygens (including phenoxy) is 1. The van der Waals surface area contributed by atoms with Gasteiger partial charge in [-0.3, -0.25) is 14.4 Å². The van der Waals surface area contributed by atoms with Gasteiger partial charge in [0, 0.05) is 18.8 Å².